The van der Waals surface area contributed by atoms with Gasteiger partial charge in [-0.1, -0.05) is 6.07 Å². The zero-order valence-electron chi connectivity index (χ0n) is 9.79. The molecule has 0 saturated heterocycles. The Morgan fingerprint density at radius 3 is 2.88 bits per heavy atom. The topological polar surface area (TPSA) is 38.0 Å². The molecule has 1 atom stereocenters. The van der Waals surface area contributed by atoms with E-state index in [4.69, 9.17) is 5.73 Å². The summed E-state index contributed by atoms with van der Waals surface area (Å²) in [6, 6.07) is 6.66. The van der Waals surface area contributed by atoms with Crippen molar-refractivity contribution in [2.24, 2.45) is 5.73 Å². The van der Waals surface area contributed by atoms with E-state index in [2.05, 4.69) is 52.6 Å². The number of hydrogen-bond acceptors (Lipinski definition) is 3. The Bertz CT molecular complexity index is 331. The number of benzene rings is 1. The van der Waals surface area contributed by atoms with Crippen LogP contribution in [-0.4, -0.2) is 24.6 Å². The van der Waals surface area contributed by atoms with E-state index in [1.165, 1.54) is 5.56 Å². The molecule has 0 saturated carbocycles. The Hall–Kier alpha value is -0.190. The molecule has 1 unspecified atom stereocenters. The summed E-state index contributed by atoms with van der Waals surface area (Å²) in [7, 11) is 0. The van der Waals surface area contributed by atoms with E-state index in [9.17, 15) is 0 Å². The van der Waals surface area contributed by atoms with E-state index in [0.717, 1.165) is 22.3 Å². The lowest BCUT2D eigenvalue weighted by Crippen LogP contribution is -2.29. The lowest BCUT2D eigenvalue weighted by atomic mass is 10.2. The highest BCUT2D eigenvalue weighted by Crippen LogP contribution is 2.24. The van der Waals surface area contributed by atoms with Crippen LogP contribution >= 0.6 is 27.7 Å². The van der Waals surface area contributed by atoms with Gasteiger partial charge in [-0.25, -0.2) is 0 Å². The molecule has 0 spiro atoms. The Balaban J connectivity index is 2.65. The van der Waals surface area contributed by atoms with Crippen LogP contribution in [0.3, 0.4) is 0 Å². The SMILES string of the molecule is CSCCC(CN)Nc1cc(C)ccc1Br. The number of hydrogen-bond donors (Lipinski definition) is 2. The molecule has 1 aromatic carbocycles. The van der Waals surface area contributed by atoms with Crippen LogP contribution in [0.25, 0.3) is 0 Å². The molecule has 0 heterocycles. The van der Waals surface area contributed by atoms with Crippen molar-refractivity contribution in [2.45, 2.75) is 19.4 Å². The number of thioether (sulfide) groups is 1. The normalized spacial score (nSPS) is 12.5. The van der Waals surface area contributed by atoms with Crippen LogP contribution < -0.4 is 11.1 Å². The second-order valence-corrected chi connectivity index (χ2v) is 5.68. The molecule has 0 bridgehead atoms. The second kappa shape index (κ2) is 7.20. The van der Waals surface area contributed by atoms with Gasteiger partial charge in [-0.2, -0.15) is 11.8 Å². The third-order valence-corrected chi connectivity index (χ3v) is 3.77. The molecular formula is C12H19BrN2S. The van der Waals surface area contributed by atoms with Crippen LogP contribution in [0.15, 0.2) is 22.7 Å². The van der Waals surface area contributed by atoms with Gasteiger partial charge in [-0.05, 0) is 59.0 Å². The van der Waals surface area contributed by atoms with E-state index in [1.807, 2.05) is 11.8 Å². The second-order valence-electron chi connectivity index (χ2n) is 3.84. The highest BCUT2D eigenvalue weighted by atomic mass is 79.9. The van der Waals surface area contributed by atoms with Crippen LogP contribution in [0.5, 0.6) is 0 Å². The van der Waals surface area contributed by atoms with Crippen molar-refractivity contribution in [3.63, 3.8) is 0 Å². The first-order valence-corrected chi connectivity index (χ1v) is 7.57. The van der Waals surface area contributed by atoms with Crippen molar-refractivity contribution in [1.29, 1.82) is 0 Å². The van der Waals surface area contributed by atoms with Crippen molar-refractivity contribution >= 4 is 33.4 Å². The predicted octanol–water partition coefficient (Wildman–Crippen LogP) is 3.25. The van der Waals surface area contributed by atoms with Gasteiger partial charge in [0.2, 0.25) is 0 Å². The van der Waals surface area contributed by atoms with Crippen LogP contribution in [0.4, 0.5) is 5.69 Å². The third kappa shape index (κ3) is 4.36. The minimum Gasteiger partial charge on any atom is -0.380 e. The van der Waals surface area contributed by atoms with Crippen molar-refractivity contribution in [3.05, 3.63) is 28.2 Å². The van der Waals surface area contributed by atoms with Gasteiger partial charge in [0.25, 0.3) is 0 Å². The first-order chi connectivity index (χ1) is 7.67. The maximum absolute atomic E-state index is 5.76. The Kier molecular flexibility index (Phi) is 6.24. The molecule has 4 heteroatoms. The van der Waals surface area contributed by atoms with Gasteiger partial charge >= 0.3 is 0 Å². The van der Waals surface area contributed by atoms with Crippen LogP contribution in [0, 0.1) is 6.92 Å². The van der Waals surface area contributed by atoms with Crippen LogP contribution in [0.2, 0.25) is 0 Å². The Labute approximate surface area is 111 Å². The number of nitrogens with two attached hydrogens (primary N) is 1. The van der Waals surface area contributed by atoms with E-state index in [1.54, 1.807) is 0 Å². The van der Waals surface area contributed by atoms with E-state index in [-0.39, 0.29) is 0 Å². The van der Waals surface area contributed by atoms with Crippen LogP contribution in [-0.2, 0) is 0 Å². The number of aryl methyl sites for hydroxylation is 1. The van der Waals surface area contributed by atoms with Gasteiger partial charge in [0.1, 0.15) is 0 Å². The van der Waals surface area contributed by atoms with Crippen molar-refractivity contribution < 1.29 is 0 Å². The van der Waals surface area contributed by atoms with Gasteiger partial charge < -0.3 is 11.1 Å². The maximum atomic E-state index is 5.76. The fraction of sp³-hybridized carbons (Fsp3) is 0.500. The molecule has 1 aromatic rings. The molecule has 0 aliphatic carbocycles. The number of rotatable bonds is 6. The molecule has 0 aromatic heterocycles. The van der Waals surface area contributed by atoms with Gasteiger partial charge in [0, 0.05) is 22.7 Å². The Morgan fingerprint density at radius 1 is 1.50 bits per heavy atom. The molecular weight excluding hydrogens is 284 g/mol. The largest absolute Gasteiger partial charge is 0.380 e. The summed E-state index contributed by atoms with van der Waals surface area (Å²) in [5.74, 6) is 1.14. The first kappa shape index (κ1) is 13.9. The fourth-order valence-electron chi connectivity index (χ4n) is 1.48. The van der Waals surface area contributed by atoms with Crippen molar-refractivity contribution in [3.8, 4) is 0 Å². The molecule has 16 heavy (non-hydrogen) atoms. The fourth-order valence-corrected chi connectivity index (χ4v) is 2.36. The zero-order chi connectivity index (χ0) is 12.0. The minimum atomic E-state index is 0.352. The van der Waals surface area contributed by atoms with Gasteiger partial charge in [-0.15, -0.1) is 0 Å². The lowest BCUT2D eigenvalue weighted by molar-refractivity contribution is 0.709. The molecule has 3 N–H and O–H groups in total. The van der Waals surface area contributed by atoms with Crippen LogP contribution in [0.1, 0.15) is 12.0 Å². The highest BCUT2D eigenvalue weighted by molar-refractivity contribution is 9.10. The zero-order valence-corrected chi connectivity index (χ0v) is 12.2. The average Bonchev–Trinajstić information content (AvgIpc) is 2.28. The van der Waals surface area contributed by atoms with E-state index in [0.29, 0.717) is 12.6 Å². The minimum absolute atomic E-state index is 0.352. The monoisotopic (exact) mass is 302 g/mol. The lowest BCUT2D eigenvalue weighted by Gasteiger charge is -2.19. The quantitative estimate of drug-likeness (QED) is 0.847. The first-order valence-electron chi connectivity index (χ1n) is 5.39. The molecule has 90 valence electrons. The highest BCUT2D eigenvalue weighted by Gasteiger charge is 2.08. The summed E-state index contributed by atoms with van der Waals surface area (Å²) in [6.07, 6.45) is 3.22. The summed E-state index contributed by atoms with van der Waals surface area (Å²) < 4.78 is 1.10. The summed E-state index contributed by atoms with van der Waals surface area (Å²) >= 11 is 5.40. The summed E-state index contributed by atoms with van der Waals surface area (Å²) in [5, 5.41) is 3.49. The molecule has 1 rings (SSSR count). The van der Waals surface area contributed by atoms with E-state index >= 15 is 0 Å². The molecule has 0 fully saturated rings. The van der Waals surface area contributed by atoms with E-state index < -0.39 is 0 Å². The smallest absolute Gasteiger partial charge is 0.0489 e. The maximum Gasteiger partial charge on any atom is 0.0489 e. The van der Waals surface area contributed by atoms with Crippen molar-refractivity contribution in [1.82, 2.24) is 0 Å². The summed E-state index contributed by atoms with van der Waals surface area (Å²) in [4.78, 5) is 0. The summed E-state index contributed by atoms with van der Waals surface area (Å²) in [6.45, 7) is 2.76. The molecule has 0 aliphatic heterocycles. The molecule has 2 nitrogen and oxygen atoms in total. The standard InChI is InChI=1S/C12H19BrN2S/c1-9-3-4-11(13)12(7-9)15-10(8-14)5-6-16-2/h3-4,7,10,15H,5-6,8,14H2,1-2H3. The molecule has 0 amide bonds. The number of nitrogens with one attached hydrogen (secondary N) is 1. The van der Waals surface area contributed by atoms with Gasteiger partial charge in [-0.3, -0.25) is 0 Å². The predicted molar refractivity (Wildman–Crippen MR) is 78.3 cm³/mol. The van der Waals surface area contributed by atoms with Crippen molar-refractivity contribution in [2.75, 3.05) is 23.9 Å². The molecule has 0 aliphatic rings. The number of halogens is 1. The molecule has 0 radical (unpaired) electrons. The summed E-state index contributed by atoms with van der Waals surface area (Å²) in [5.41, 5.74) is 8.15. The Morgan fingerprint density at radius 2 is 2.25 bits per heavy atom. The van der Waals surface area contributed by atoms with Gasteiger partial charge in [0.05, 0.1) is 0 Å². The average molecular weight is 303 g/mol. The third-order valence-electron chi connectivity index (χ3n) is 2.44. The number of anilines is 1. The van der Waals surface area contributed by atoms with Gasteiger partial charge in [0.15, 0.2) is 0 Å².